The number of hydrogen-bond donors (Lipinski definition) is 2. The van der Waals surface area contributed by atoms with Crippen LogP contribution in [0.15, 0.2) is 30.3 Å². The highest BCUT2D eigenvalue weighted by Gasteiger charge is 2.37. The fraction of sp³-hybridized carbons (Fsp3) is 0.400. The second-order valence-corrected chi connectivity index (χ2v) is 3.20. The highest BCUT2D eigenvalue weighted by atomic mass is 19.4. The van der Waals surface area contributed by atoms with Crippen LogP contribution in [-0.4, -0.2) is 18.8 Å². The first-order valence-electron chi connectivity index (χ1n) is 4.58. The Morgan fingerprint density at radius 1 is 1.20 bits per heavy atom. The Morgan fingerprint density at radius 3 is 2.27 bits per heavy atom. The van der Waals surface area contributed by atoms with Crippen molar-refractivity contribution < 1.29 is 13.2 Å². The zero-order valence-electron chi connectivity index (χ0n) is 8.09. The number of nitrogens with one attached hydrogen (secondary N) is 1. The summed E-state index contributed by atoms with van der Waals surface area (Å²) in [4.78, 5) is 0. The van der Waals surface area contributed by atoms with E-state index in [9.17, 15) is 13.2 Å². The van der Waals surface area contributed by atoms with Crippen LogP contribution in [0.25, 0.3) is 0 Å². The lowest BCUT2D eigenvalue weighted by Gasteiger charge is -2.19. The third-order valence-corrected chi connectivity index (χ3v) is 2.03. The van der Waals surface area contributed by atoms with Gasteiger partial charge in [0.15, 0.2) is 0 Å². The predicted molar refractivity (Wildman–Crippen MR) is 52.2 cm³/mol. The SMILES string of the molecule is NC[C@H](NCc1ccccc1)C(F)(F)F. The van der Waals surface area contributed by atoms with E-state index >= 15 is 0 Å². The minimum atomic E-state index is -4.29. The zero-order valence-corrected chi connectivity index (χ0v) is 8.09. The van der Waals surface area contributed by atoms with E-state index in [0.29, 0.717) is 0 Å². The highest BCUT2D eigenvalue weighted by molar-refractivity contribution is 5.14. The van der Waals surface area contributed by atoms with Crippen molar-refractivity contribution in [2.75, 3.05) is 6.54 Å². The van der Waals surface area contributed by atoms with Gasteiger partial charge in [0, 0.05) is 13.1 Å². The molecule has 0 bridgehead atoms. The number of nitrogens with two attached hydrogens (primary N) is 1. The summed E-state index contributed by atoms with van der Waals surface area (Å²) >= 11 is 0. The van der Waals surface area contributed by atoms with Crippen LogP contribution in [0.4, 0.5) is 13.2 Å². The normalized spacial score (nSPS) is 13.9. The van der Waals surface area contributed by atoms with Crippen LogP contribution in [0.2, 0.25) is 0 Å². The van der Waals surface area contributed by atoms with Crippen LogP contribution in [-0.2, 0) is 6.54 Å². The van der Waals surface area contributed by atoms with Gasteiger partial charge in [-0.3, -0.25) is 0 Å². The first-order chi connectivity index (χ1) is 7.04. The van der Waals surface area contributed by atoms with Gasteiger partial charge >= 0.3 is 6.18 Å². The summed E-state index contributed by atoms with van der Waals surface area (Å²) in [5.41, 5.74) is 5.85. The van der Waals surface area contributed by atoms with Gasteiger partial charge in [0.1, 0.15) is 6.04 Å². The molecule has 0 amide bonds. The molecule has 0 heterocycles. The van der Waals surface area contributed by atoms with Crippen LogP contribution in [0, 0.1) is 0 Å². The summed E-state index contributed by atoms with van der Waals surface area (Å²) < 4.78 is 36.8. The van der Waals surface area contributed by atoms with E-state index in [1.807, 2.05) is 6.07 Å². The molecule has 0 saturated heterocycles. The van der Waals surface area contributed by atoms with Crippen LogP contribution in [0.5, 0.6) is 0 Å². The van der Waals surface area contributed by atoms with Crippen molar-refractivity contribution in [3.8, 4) is 0 Å². The van der Waals surface area contributed by atoms with E-state index in [2.05, 4.69) is 5.32 Å². The maximum Gasteiger partial charge on any atom is 0.405 e. The van der Waals surface area contributed by atoms with Gasteiger partial charge in [-0.2, -0.15) is 13.2 Å². The first kappa shape index (κ1) is 12.0. The molecule has 1 aromatic rings. The predicted octanol–water partition coefficient (Wildman–Crippen LogP) is 1.67. The summed E-state index contributed by atoms with van der Waals surface area (Å²) in [6.45, 7) is -0.279. The second kappa shape index (κ2) is 5.14. The Morgan fingerprint density at radius 2 is 1.80 bits per heavy atom. The summed E-state index contributed by atoms with van der Waals surface area (Å²) in [7, 11) is 0. The molecule has 1 rings (SSSR count). The molecule has 2 nitrogen and oxygen atoms in total. The third kappa shape index (κ3) is 3.89. The molecule has 3 N–H and O–H groups in total. The van der Waals surface area contributed by atoms with E-state index in [1.54, 1.807) is 24.3 Å². The molecule has 84 valence electrons. The van der Waals surface area contributed by atoms with Crippen LogP contribution >= 0.6 is 0 Å². The lowest BCUT2D eigenvalue weighted by Crippen LogP contribution is -2.47. The molecule has 15 heavy (non-hydrogen) atoms. The number of hydrogen-bond acceptors (Lipinski definition) is 2. The van der Waals surface area contributed by atoms with Gasteiger partial charge in [-0.1, -0.05) is 30.3 Å². The first-order valence-corrected chi connectivity index (χ1v) is 4.58. The smallest absolute Gasteiger partial charge is 0.329 e. The van der Waals surface area contributed by atoms with E-state index in [4.69, 9.17) is 5.73 Å². The molecule has 0 fully saturated rings. The molecular formula is C10H13F3N2. The van der Waals surface area contributed by atoms with Gasteiger partial charge in [-0.15, -0.1) is 0 Å². The molecule has 0 spiro atoms. The van der Waals surface area contributed by atoms with Gasteiger partial charge < -0.3 is 11.1 Å². The Labute approximate surface area is 86.3 Å². The van der Waals surface area contributed by atoms with Gasteiger partial charge in [-0.25, -0.2) is 0 Å². The van der Waals surface area contributed by atoms with Gasteiger partial charge in [0.25, 0.3) is 0 Å². The fourth-order valence-corrected chi connectivity index (χ4v) is 1.17. The van der Waals surface area contributed by atoms with Crippen LogP contribution < -0.4 is 11.1 Å². The molecule has 0 aromatic heterocycles. The summed E-state index contributed by atoms with van der Waals surface area (Å²) in [5, 5.41) is 2.38. The fourth-order valence-electron chi connectivity index (χ4n) is 1.17. The monoisotopic (exact) mass is 218 g/mol. The van der Waals surface area contributed by atoms with Crippen molar-refractivity contribution in [1.29, 1.82) is 0 Å². The van der Waals surface area contributed by atoms with Gasteiger partial charge in [0.05, 0.1) is 0 Å². The molecule has 0 aliphatic rings. The van der Waals surface area contributed by atoms with Gasteiger partial charge in [-0.05, 0) is 5.56 Å². The molecule has 5 heteroatoms. The second-order valence-electron chi connectivity index (χ2n) is 3.20. The molecule has 1 atom stereocenters. The summed E-state index contributed by atoms with van der Waals surface area (Å²) in [6.07, 6.45) is -4.29. The van der Waals surface area contributed by atoms with Crippen molar-refractivity contribution in [3.05, 3.63) is 35.9 Å². The van der Waals surface area contributed by atoms with Crippen molar-refractivity contribution in [2.45, 2.75) is 18.8 Å². The number of rotatable bonds is 4. The maximum atomic E-state index is 12.3. The Balaban J connectivity index is 2.49. The maximum absolute atomic E-state index is 12.3. The van der Waals surface area contributed by atoms with E-state index < -0.39 is 18.8 Å². The lowest BCUT2D eigenvalue weighted by molar-refractivity contribution is -0.153. The minimum absolute atomic E-state index is 0.169. The van der Waals surface area contributed by atoms with Crippen molar-refractivity contribution >= 4 is 0 Å². The molecule has 0 aliphatic heterocycles. The molecule has 0 saturated carbocycles. The Kier molecular flexibility index (Phi) is 4.11. The summed E-state index contributed by atoms with van der Waals surface area (Å²) in [6, 6.07) is 7.25. The third-order valence-electron chi connectivity index (χ3n) is 2.03. The number of benzene rings is 1. The van der Waals surface area contributed by atoms with E-state index in [1.165, 1.54) is 0 Å². The Hall–Kier alpha value is -1.07. The van der Waals surface area contributed by atoms with E-state index in [0.717, 1.165) is 5.56 Å². The molecular weight excluding hydrogens is 205 g/mol. The largest absolute Gasteiger partial charge is 0.405 e. The van der Waals surface area contributed by atoms with Gasteiger partial charge in [0.2, 0.25) is 0 Å². The number of halogens is 3. The molecule has 0 radical (unpaired) electrons. The quantitative estimate of drug-likeness (QED) is 0.806. The lowest BCUT2D eigenvalue weighted by atomic mass is 10.2. The standard InChI is InChI=1S/C10H13F3N2/c11-10(12,13)9(6-14)15-7-8-4-2-1-3-5-8/h1-5,9,15H,6-7,14H2/t9-/m0/s1. The highest BCUT2D eigenvalue weighted by Crippen LogP contribution is 2.19. The topological polar surface area (TPSA) is 38.0 Å². The summed E-state index contributed by atoms with van der Waals surface area (Å²) in [5.74, 6) is 0. The zero-order chi connectivity index (χ0) is 11.3. The average Bonchev–Trinajstić information content (AvgIpc) is 2.18. The number of alkyl halides is 3. The Bertz CT molecular complexity index is 284. The van der Waals surface area contributed by atoms with Crippen molar-refractivity contribution in [1.82, 2.24) is 5.32 Å². The molecule has 1 aromatic carbocycles. The van der Waals surface area contributed by atoms with Crippen molar-refractivity contribution in [3.63, 3.8) is 0 Å². The average molecular weight is 218 g/mol. The molecule has 0 aliphatic carbocycles. The van der Waals surface area contributed by atoms with E-state index in [-0.39, 0.29) is 6.54 Å². The van der Waals surface area contributed by atoms with Crippen molar-refractivity contribution in [2.24, 2.45) is 5.73 Å². The molecule has 0 unspecified atom stereocenters. The van der Waals surface area contributed by atoms with Crippen LogP contribution in [0.1, 0.15) is 5.56 Å². The minimum Gasteiger partial charge on any atom is -0.329 e. The van der Waals surface area contributed by atoms with Crippen LogP contribution in [0.3, 0.4) is 0 Å².